The van der Waals surface area contributed by atoms with Crippen LogP contribution in [0, 0.1) is 6.92 Å². The second kappa shape index (κ2) is 8.58. The van der Waals surface area contributed by atoms with Crippen LogP contribution in [0.2, 0.25) is 0 Å². The van der Waals surface area contributed by atoms with E-state index in [0.717, 1.165) is 37.0 Å². The Morgan fingerprint density at radius 3 is 2.53 bits per heavy atom. The molecule has 1 atom stereocenters. The highest BCUT2D eigenvalue weighted by molar-refractivity contribution is 5.80. The largest absolute Gasteiger partial charge is 0.358 e. The lowest BCUT2D eigenvalue weighted by molar-refractivity contribution is -0.121. The molecular weight excluding hydrogens is 400 g/mol. The van der Waals surface area contributed by atoms with Gasteiger partial charge in [-0.25, -0.2) is 4.79 Å². The molecule has 0 bridgehead atoms. The minimum absolute atomic E-state index is 0.0554. The monoisotopic (exact) mass is 432 g/mol. The van der Waals surface area contributed by atoms with Crippen LogP contribution in [0.5, 0.6) is 0 Å². The number of benzene rings is 2. The molecule has 1 aliphatic carbocycles. The fraction of sp³-hybridized carbons (Fsp3) is 0.462. The van der Waals surface area contributed by atoms with E-state index in [1.807, 2.05) is 28.8 Å². The van der Waals surface area contributed by atoms with E-state index in [1.165, 1.54) is 36.0 Å². The summed E-state index contributed by atoms with van der Waals surface area (Å²) in [6.45, 7) is 4.28. The molecule has 1 fully saturated rings. The number of fused-ring (bicyclic) bond motifs is 2. The molecule has 2 aliphatic rings. The molecule has 2 heterocycles. The van der Waals surface area contributed by atoms with Gasteiger partial charge >= 0.3 is 5.69 Å². The molecule has 1 amide bonds. The molecule has 168 valence electrons. The van der Waals surface area contributed by atoms with Gasteiger partial charge < -0.3 is 5.32 Å². The number of piperidine rings is 1. The molecule has 1 saturated heterocycles. The van der Waals surface area contributed by atoms with Crippen LogP contribution >= 0.6 is 0 Å². The Balaban J connectivity index is 1.41. The summed E-state index contributed by atoms with van der Waals surface area (Å²) >= 11 is 0. The number of likely N-dealkylation sites (N-methyl/N-ethyl adjacent to an activating group) is 1. The lowest BCUT2D eigenvalue weighted by Gasteiger charge is -2.41. The van der Waals surface area contributed by atoms with Crippen LogP contribution in [-0.2, 0) is 17.8 Å². The van der Waals surface area contributed by atoms with Crippen molar-refractivity contribution in [1.82, 2.24) is 19.4 Å². The molecule has 0 saturated carbocycles. The number of nitrogens with zero attached hydrogens (tertiary/aromatic N) is 3. The third-order valence-electron chi connectivity index (χ3n) is 7.43. The maximum atomic E-state index is 13.4. The fourth-order valence-corrected chi connectivity index (χ4v) is 5.85. The van der Waals surface area contributed by atoms with Gasteiger partial charge in [-0.2, -0.15) is 0 Å². The molecule has 0 spiro atoms. The Morgan fingerprint density at radius 1 is 1.03 bits per heavy atom. The molecule has 2 aromatic carbocycles. The van der Waals surface area contributed by atoms with Gasteiger partial charge in [-0.05, 0) is 67.9 Å². The second-order valence-corrected chi connectivity index (χ2v) is 9.22. The molecule has 1 aromatic heterocycles. The average Bonchev–Trinajstić information content (AvgIpc) is 3.10. The molecule has 3 aromatic rings. The van der Waals surface area contributed by atoms with Crippen molar-refractivity contribution in [2.24, 2.45) is 0 Å². The van der Waals surface area contributed by atoms with Crippen molar-refractivity contribution < 1.29 is 4.79 Å². The Labute approximate surface area is 188 Å². The summed E-state index contributed by atoms with van der Waals surface area (Å²) in [5, 5.41) is 2.63. The van der Waals surface area contributed by atoms with Gasteiger partial charge in [0, 0.05) is 32.2 Å². The molecular formula is C26H32N4O2. The Kier molecular flexibility index (Phi) is 5.64. The van der Waals surface area contributed by atoms with Crippen LogP contribution in [-0.4, -0.2) is 40.1 Å². The van der Waals surface area contributed by atoms with Crippen molar-refractivity contribution in [3.63, 3.8) is 0 Å². The van der Waals surface area contributed by atoms with Gasteiger partial charge in [0.25, 0.3) is 0 Å². The zero-order valence-electron chi connectivity index (χ0n) is 19.0. The molecule has 5 rings (SSSR count). The van der Waals surface area contributed by atoms with Crippen LogP contribution in [0.4, 0.5) is 0 Å². The van der Waals surface area contributed by atoms with Gasteiger partial charge in [0.2, 0.25) is 5.91 Å². The van der Waals surface area contributed by atoms with Crippen LogP contribution in [0.25, 0.3) is 11.0 Å². The van der Waals surface area contributed by atoms with Crippen molar-refractivity contribution in [3.8, 4) is 0 Å². The molecule has 1 aliphatic heterocycles. The maximum absolute atomic E-state index is 13.4. The number of carbonyl (C=O) groups is 1. The van der Waals surface area contributed by atoms with Crippen LogP contribution in [0.1, 0.15) is 54.5 Å². The summed E-state index contributed by atoms with van der Waals surface area (Å²) in [7, 11) is 1.60. The number of para-hydroxylation sites is 2. The van der Waals surface area contributed by atoms with Crippen LogP contribution in [0.15, 0.2) is 47.3 Å². The van der Waals surface area contributed by atoms with Gasteiger partial charge in [-0.3, -0.25) is 18.8 Å². The molecule has 0 radical (unpaired) electrons. The number of rotatable bonds is 4. The smallest absolute Gasteiger partial charge is 0.329 e. The summed E-state index contributed by atoms with van der Waals surface area (Å²) in [5.74, 6) is -0.156. The van der Waals surface area contributed by atoms with Gasteiger partial charge in [0.15, 0.2) is 0 Å². The predicted octanol–water partition coefficient (Wildman–Crippen LogP) is 3.57. The van der Waals surface area contributed by atoms with Crippen LogP contribution < -0.4 is 11.0 Å². The fourth-order valence-electron chi connectivity index (χ4n) is 5.85. The molecule has 1 N–H and O–H groups in total. The zero-order valence-corrected chi connectivity index (χ0v) is 19.0. The molecule has 6 nitrogen and oxygen atoms in total. The van der Waals surface area contributed by atoms with Gasteiger partial charge in [-0.1, -0.05) is 30.3 Å². The first-order valence-electron chi connectivity index (χ1n) is 11.8. The van der Waals surface area contributed by atoms with E-state index in [2.05, 4.69) is 35.3 Å². The van der Waals surface area contributed by atoms with Gasteiger partial charge in [0.1, 0.15) is 6.54 Å². The van der Waals surface area contributed by atoms with Crippen molar-refractivity contribution >= 4 is 16.9 Å². The first-order valence-corrected chi connectivity index (χ1v) is 11.8. The Bertz CT molecular complexity index is 1200. The number of hydrogen-bond donors (Lipinski definition) is 1. The van der Waals surface area contributed by atoms with Crippen molar-refractivity contribution in [2.45, 2.75) is 57.7 Å². The first kappa shape index (κ1) is 21.0. The minimum Gasteiger partial charge on any atom is -0.358 e. The highest BCUT2D eigenvalue weighted by atomic mass is 16.2. The summed E-state index contributed by atoms with van der Waals surface area (Å²) in [4.78, 5) is 28.0. The topological polar surface area (TPSA) is 59.3 Å². The van der Waals surface area contributed by atoms with E-state index in [9.17, 15) is 9.59 Å². The third-order valence-corrected chi connectivity index (χ3v) is 7.43. The summed E-state index contributed by atoms with van der Waals surface area (Å²) in [6, 6.07) is 15.2. The number of amides is 1. The number of hydrogen-bond acceptors (Lipinski definition) is 3. The van der Waals surface area contributed by atoms with E-state index in [-0.39, 0.29) is 24.2 Å². The molecule has 6 heteroatoms. The summed E-state index contributed by atoms with van der Waals surface area (Å²) in [5.41, 5.74) is 6.14. The zero-order chi connectivity index (χ0) is 22.2. The van der Waals surface area contributed by atoms with E-state index < -0.39 is 0 Å². The van der Waals surface area contributed by atoms with Crippen molar-refractivity contribution in [1.29, 1.82) is 0 Å². The Morgan fingerprint density at radius 2 is 1.78 bits per heavy atom. The normalized spacial score (nSPS) is 19.8. The molecule has 1 unspecified atom stereocenters. The lowest BCUT2D eigenvalue weighted by Crippen LogP contribution is -2.41. The van der Waals surface area contributed by atoms with Crippen LogP contribution in [0.3, 0.4) is 0 Å². The minimum atomic E-state index is -0.156. The number of imidazole rings is 1. The van der Waals surface area contributed by atoms with Gasteiger partial charge in [0.05, 0.1) is 11.0 Å². The number of likely N-dealkylation sites (tertiary alicyclic amines) is 1. The number of aryl methyl sites for hydroxylation is 2. The third kappa shape index (κ3) is 3.56. The lowest BCUT2D eigenvalue weighted by atomic mass is 9.83. The summed E-state index contributed by atoms with van der Waals surface area (Å²) < 4.78 is 3.55. The highest BCUT2D eigenvalue weighted by Gasteiger charge is 2.32. The van der Waals surface area contributed by atoms with E-state index >= 15 is 0 Å². The number of nitrogens with one attached hydrogen (secondary N) is 1. The highest BCUT2D eigenvalue weighted by Crippen LogP contribution is 2.39. The quantitative estimate of drug-likeness (QED) is 0.686. The van der Waals surface area contributed by atoms with Crippen molar-refractivity contribution in [3.05, 3.63) is 69.6 Å². The van der Waals surface area contributed by atoms with Gasteiger partial charge in [-0.15, -0.1) is 0 Å². The van der Waals surface area contributed by atoms with Crippen molar-refractivity contribution in [2.75, 3.05) is 20.1 Å². The standard InChI is InChI=1S/C26H32N4O2/c1-18-7-5-8-19-9-6-12-23(25(18)19)28-15-13-20(14-16-28)30-22-11-4-3-10-21(22)29(26(30)32)17-24(31)27-2/h3-5,7-8,10-11,20,23H,6,9,12-17H2,1-2H3,(H,27,31). The second-order valence-electron chi connectivity index (χ2n) is 9.22. The SMILES string of the molecule is CNC(=O)Cn1c(=O)n(C2CCN(C3CCCc4cccc(C)c43)CC2)c2ccccc21. The molecule has 32 heavy (non-hydrogen) atoms. The maximum Gasteiger partial charge on any atom is 0.329 e. The summed E-state index contributed by atoms with van der Waals surface area (Å²) in [6.07, 6.45) is 5.54. The average molecular weight is 433 g/mol. The van der Waals surface area contributed by atoms with E-state index in [0.29, 0.717) is 6.04 Å². The van der Waals surface area contributed by atoms with E-state index in [1.54, 1.807) is 11.6 Å². The van der Waals surface area contributed by atoms with E-state index in [4.69, 9.17) is 0 Å². The predicted molar refractivity (Wildman–Crippen MR) is 127 cm³/mol. The number of carbonyl (C=O) groups excluding carboxylic acids is 1. The Hall–Kier alpha value is -2.86. The first-order chi connectivity index (χ1) is 15.6. The number of aromatic nitrogens is 2.